The number of carbonyl (C=O) groups is 1. The highest BCUT2D eigenvalue weighted by molar-refractivity contribution is 5.67. The number of aliphatic carboxylic acids is 1. The first kappa shape index (κ1) is 14.5. The SMILES string of the molecule is COc1nccc(C#Cc2ccc(CCC(=O)O)cc2)n1. The topological polar surface area (TPSA) is 72.3 Å². The summed E-state index contributed by atoms with van der Waals surface area (Å²) in [6, 6.07) is 9.48. The van der Waals surface area contributed by atoms with Gasteiger partial charge in [-0.05, 0) is 36.1 Å². The van der Waals surface area contributed by atoms with Gasteiger partial charge in [0.25, 0.3) is 0 Å². The highest BCUT2D eigenvalue weighted by Crippen LogP contribution is 2.06. The van der Waals surface area contributed by atoms with Crippen molar-refractivity contribution >= 4 is 5.97 Å². The van der Waals surface area contributed by atoms with Crippen LogP contribution in [-0.4, -0.2) is 28.2 Å². The van der Waals surface area contributed by atoms with Gasteiger partial charge in [-0.2, -0.15) is 4.98 Å². The first-order chi connectivity index (χ1) is 10.2. The number of benzene rings is 1. The summed E-state index contributed by atoms with van der Waals surface area (Å²) >= 11 is 0. The summed E-state index contributed by atoms with van der Waals surface area (Å²) in [6.45, 7) is 0. The minimum Gasteiger partial charge on any atom is -0.481 e. The Morgan fingerprint density at radius 2 is 2.00 bits per heavy atom. The fourth-order valence-corrected chi connectivity index (χ4v) is 1.65. The van der Waals surface area contributed by atoms with E-state index < -0.39 is 5.97 Å². The molecule has 0 aliphatic rings. The van der Waals surface area contributed by atoms with Crippen molar-refractivity contribution in [3.8, 4) is 17.9 Å². The number of nitrogens with zero attached hydrogens (tertiary/aromatic N) is 2. The third-order valence-corrected chi connectivity index (χ3v) is 2.73. The highest BCUT2D eigenvalue weighted by Gasteiger charge is 1.99. The molecular formula is C16H14N2O3. The molecule has 5 nitrogen and oxygen atoms in total. The van der Waals surface area contributed by atoms with Crippen LogP contribution in [0.2, 0.25) is 0 Å². The van der Waals surface area contributed by atoms with Gasteiger partial charge in [-0.1, -0.05) is 18.1 Å². The zero-order valence-electron chi connectivity index (χ0n) is 11.5. The van der Waals surface area contributed by atoms with Crippen LogP contribution in [0.1, 0.15) is 23.2 Å². The average Bonchev–Trinajstić information content (AvgIpc) is 2.52. The fraction of sp³-hybridized carbons (Fsp3) is 0.188. The van der Waals surface area contributed by atoms with Crippen LogP contribution in [0.5, 0.6) is 6.01 Å². The largest absolute Gasteiger partial charge is 0.481 e. The first-order valence-corrected chi connectivity index (χ1v) is 6.37. The van der Waals surface area contributed by atoms with Gasteiger partial charge in [0.2, 0.25) is 0 Å². The van der Waals surface area contributed by atoms with Gasteiger partial charge in [-0.3, -0.25) is 4.79 Å². The lowest BCUT2D eigenvalue weighted by atomic mass is 10.1. The van der Waals surface area contributed by atoms with Crippen LogP contribution >= 0.6 is 0 Å². The zero-order valence-corrected chi connectivity index (χ0v) is 11.5. The van der Waals surface area contributed by atoms with Gasteiger partial charge < -0.3 is 9.84 Å². The van der Waals surface area contributed by atoms with Crippen LogP contribution in [0.25, 0.3) is 0 Å². The van der Waals surface area contributed by atoms with Crippen molar-refractivity contribution in [2.45, 2.75) is 12.8 Å². The standard InChI is InChI=1S/C16H14N2O3/c1-21-16-17-11-10-14(18-16)8-6-12-2-4-13(5-3-12)7-9-15(19)20/h2-5,10-11H,7,9H2,1H3,(H,19,20). The second-order valence-corrected chi connectivity index (χ2v) is 4.27. The van der Waals surface area contributed by atoms with E-state index >= 15 is 0 Å². The van der Waals surface area contributed by atoms with Gasteiger partial charge >= 0.3 is 12.0 Å². The molecule has 1 aromatic carbocycles. The molecule has 0 aliphatic carbocycles. The molecule has 2 rings (SSSR count). The molecule has 0 spiro atoms. The molecule has 0 fully saturated rings. The molecule has 0 unspecified atom stereocenters. The van der Waals surface area contributed by atoms with Crippen molar-refractivity contribution in [1.82, 2.24) is 9.97 Å². The lowest BCUT2D eigenvalue weighted by Gasteiger charge is -1.98. The number of carboxylic acid groups (broad SMARTS) is 1. The number of hydrogen-bond donors (Lipinski definition) is 1. The van der Waals surface area contributed by atoms with E-state index in [0.717, 1.165) is 11.1 Å². The molecule has 2 aromatic rings. The van der Waals surface area contributed by atoms with Crippen molar-refractivity contribution in [2.75, 3.05) is 7.11 Å². The molecule has 1 N–H and O–H groups in total. The average molecular weight is 282 g/mol. The van der Waals surface area contributed by atoms with Crippen LogP contribution in [-0.2, 0) is 11.2 Å². The Bertz CT molecular complexity index is 685. The Labute approximate surface area is 122 Å². The lowest BCUT2D eigenvalue weighted by molar-refractivity contribution is -0.136. The van der Waals surface area contributed by atoms with E-state index in [-0.39, 0.29) is 12.4 Å². The molecule has 0 saturated heterocycles. The predicted octanol–water partition coefficient (Wildman–Crippen LogP) is 1.90. The summed E-state index contributed by atoms with van der Waals surface area (Å²) in [4.78, 5) is 18.5. The second kappa shape index (κ2) is 7.06. The Morgan fingerprint density at radius 3 is 2.67 bits per heavy atom. The van der Waals surface area contributed by atoms with Crippen LogP contribution in [0.15, 0.2) is 36.5 Å². The van der Waals surface area contributed by atoms with E-state index in [0.29, 0.717) is 12.1 Å². The number of ether oxygens (including phenoxy) is 1. The number of rotatable bonds is 4. The maximum atomic E-state index is 10.5. The maximum absolute atomic E-state index is 10.5. The number of aromatic nitrogens is 2. The van der Waals surface area contributed by atoms with E-state index in [1.165, 1.54) is 7.11 Å². The molecule has 106 valence electrons. The quantitative estimate of drug-likeness (QED) is 0.867. The van der Waals surface area contributed by atoms with Crippen molar-refractivity contribution in [2.24, 2.45) is 0 Å². The molecule has 0 bridgehead atoms. The summed E-state index contributed by atoms with van der Waals surface area (Å²) < 4.78 is 4.93. The van der Waals surface area contributed by atoms with E-state index in [4.69, 9.17) is 9.84 Å². The third kappa shape index (κ3) is 4.62. The minimum atomic E-state index is -0.795. The summed E-state index contributed by atoms with van der Waals surface area (Å²) in [5.41, 5.74) is 2.40. The van der Waals surface area contributed by atoms with E-state index in [1.807, 2.05) is 24.3 Å². The van der Waals surface area contributed by atoms with Gasteiger partial charge in [0.1, 0.15) is 5.69 Å². The Hall–Kier alpha value is -2.87. The van der Waals surface area contributed by atoms with E-state index in [1.54, 1.807) is 12.3 Å². The van der Waals surface area contributed by atoms with Crippen molar-refractivity contribution in [1.29, 1.82) is 0 Å². The molecule has 5 heteroatoms. The fourth-order valence-electron chi connectivity index (χ4n) is 1.65. The summed E-state index contributed by atoms with van der Waals surface area (Å²) in [6.07, 6.45) is 2.24. The molecule has 21 heavy (non-hydrogen) atoms. The van der Waals surface area contributed by atoms with Crippen molar-refractivity contribution in [3.05, 3.63) is 53.3 Å². The summed E-state index contributed by atoms with van der Waals surface area (Å²) in [5.74, 6) is 5.13. The molecule has 1 heterocycles. The monoisotopic (exact) mass is 282 g/mol. The number of aryl methyl sites for hydroxylation is 1. The zero-order chi connectivity index (χ0) is 15.1. The molecule has 1 aromatic heterocycles. The first-order valence-electron chi connectivity index (χ1n) is 6.37. The van der Waals surface area contributed by atoms with Crippen LogP contribution in [0.4, 0.5) is 0 Å². The minimum absolute atomic E-state index is 0.131. The van der Waals surface area contributed by atoms with Gasteiger partial charge in [-0.15, -0.1) is 0 Å². The highest BCUT2D eigenvalue weighted by atomic mass is 16.5. The van der Waals surface area contributed by atoms with Crippen LogP contribution < -0.4 is 4.74 Å². The third-order valence-electron chi connectivity index (χ3n) is 2.73. The maximum Gasteiger partial charge on any atom is 0.317 e. The normalized spacial score (nSPS) is 9.57. The lowest BCUT2D eigenvalue weighted by Crippen LogP contribution is -1.97. The van der Waals surface area contributed by atoms with Gasteiger partial charge in [0.05, 0.1) is 7.11 Å². The van der Waals surface area contributed by atoms with Gasteiger partial charge in [0, 0.05) is 18.2 Å². The van der Waals surface area contributed by atoms with E-state index in [9.17, 15) is 4.79 Å². The van der Waals surface area contributed by atoms with Crippen molar-refractivity contribution in [3.63, 3.8) is 0 Å². The Balaban J connectivity index is 2.06. The van der Waals surface area contributed by atoms with Crippen LogP contribution in [0.3, 0.4) is 0 Å². The predicted molar refractivity (Wildman–Crippen MR) is 77.0 cm³/mol. The molecular weight excluding hydrogens is 268 g/mol. The van der Waals surface area contributed by atoms with Crippen LogP contribution in [0, 0.1) is 11.8 Å². The molecule has 0 radical (unpaired) electrons. The van der Waals surface area contributed by atoms with Gasteiger partial charge in [-0.25, -0.2) is 4.98 Å². The number of hydrogen-bond acceptors (Lipinski definition) is 4. The smallest absolute Gasteiger partial charge is 0.317 e. The van der Waals surface area contributed by atoms with Crippen molar-refractivity contribution < 1.29 is 14.6 Å². The number of carboxylic acids is 1. The second-order valence-electron chi connectivity index (χ2n) is 4.27. The van der Waals surface area contributed by atoms with E-state index in [2.05, 4.69) is 21.8 Å². The molecule has 0 atom stereocenters. The van der Waals surface area contributed by atoms with Gasteiger partial charge in [0.15, 0.2) is 0 Å². The number of methoxy groups -OCH3 is 1. The summed E-state index contributed by atoms with van der Waals surface area (Å²) in [5, 5.41) is 8.64. The Morgan fingerprint density at radius 1 is 1.24 bits per heavy atom. The Kier molecular flexibility index (Phi) is 4.89. The molecule has 0 saturated carbocycles. The molecule has 0 amide bonds. The molecule has 0 aliphatic heterocycles. The summed E-state index contributed by atoms with van der Waals surface area (Å²) in [7, 11) is 1.50.